The summed E-state index contributed by atoms with van der Waals surface area (Å²) in [4.78, 5) is 0.00557. The van der Waals surface area contributed by atoms with E-state index in [1.807, 2.05) is 0 Å². The van der Waals surface area contributed by atoms with Gasteiger partial charge in [-0.3, -0.25) is 0 Å². The molecule has 0 saturated heterocycles. The number of hydrogen-bond acceptors (Lipinski definition) is 3. The van der Waals surface area contributed by atoms with E-state index in [-0.39, 0.29) is 21.5 Å². The van der Waals surface area contributed by atoms with Crippen LogP contribution in [0, 0.1) is 0 Å². The first kappa shape index (κ1) is 15.7. The standard InChI is InChI=1S/C11H15Cl2NO3S/c1-11(2,3-4-15)14-18(16,17)10-6-8(12)5-9(13)7-10/h5-7,14-15H,3-4H2,1-2H3. The lowest BCUT2D eigenvalue weighted by Crippen LogP contribution is -2.43. The Labute approximate surface area is 117 Å². The molecule has 1 rings (SSSR count). The lowest BCUT2D eigenvalue weighted by atomic mass is 10.0. The van der Waals surface area contributed by atoms with Crippen LogP contribution in [-0.2, 0) is 10.0 Å². The number of rotatable bonds is 5. The predicted octanol–water partition coefficient (Wildman–Crippen LogP) is 2.43. The van der Waals surface area contributed by atoms with Gasteiger partial charge < -0.3 is 5.11 Å². The molecule has 1 aromatic carbocycles. The van der Waals surface area contributed by atoms with Gasteiger partial charge in [-0.2, -0.15) is 0 Å². The zero-order chi connectivity index (χ0) is 14.0. The molecule has 0 aromatic heterocycles. The minimum atomic E-state index is -3.72. The fourth-order valence-corrected chi connectivity index (χ4v) is 3.60. The van der Waals surface area contributed by atoms with Gasteiger partial charge in [0, 0.05) is 22.2 Å². The van der Waals surface area contributed by atoms with E-state index in [2.05, 4.69) is 4.72 Å². The van der Waals surface area contributed by atoms with Crippen LogP contribution in [0.3, 0.4) is 0 Å². The van der Waals surface area contributed by atoms with Crippen molar-refractivity contribution in [1.82, 2.24) is 4.72 Å². The van der Waals surface area contributed by atoms with Gasteiger partial charge in [-0.15, -0.1) is 0 Å². The molecule has 0 atom stereocenters. The van der Waals surface area contributed by atoms with E-state index in [0.717, 1.165) is 0 Å². The van der Waals surface area contributed by atoms with E-state index in [1.54, 1.807) is 13.8 Å². The summed E-state index contributed by atoms with van der Waals surface area (Å²) in [5, 5.41) is 9.39. The first-order chi connectivity index (χ1) is 8.16. The lowest BCUT2D eigenvalue weighted by Gasteiger charge is -2.25. The van der Waals surface area contributed by atoms with Crippen molar-refractivity contribution in [3.63, 3.8) is 0 Å². The molecule has 0 aliphatic carbocycles. The normalized spacial score (nSPS) is 12.7. The molecule has 0 radical (unpaired) electrons. The molecular formula is C11H15Cl2NO3S. The predicted molar refractivity (Wildman–Crippen MR) is 72.6 cm³/mol. The summed E-state index contributed by atoms with van der Waals surface area (Å²) in [6.07, 6.45) is 0.306. The van der Waals surface area contributed by atoms with Crippen LogP contribution >= 0.6 is 23.2 Å². The number of halogens is 2. The van der Waals surface area contributed by atoms with Gasteiger partial charge in [0.1, 0.15) is 0 Å². The maximum absolute atomic E-state index is 12.1. The Morgan fingerprint density at radius 1 is 1.22 bits per heavy atom. The third kappa shape index (κ3) is 4.40. The van der Waals surface area contributed by atoms with Crippen molar-refractivity contribution in [2.75, 3.05) is 6.61 Å². The van der Waals surface area contributed by atoms with Crippen molar-refractivity contribution in [1.29, 1.82) is 0 Å². The second-order valence-electron chi connectivity index (χ2n) is 4.57. The third-order valence-corrected chi connectivity index (χ3v) is 4.41. The Morgan fingerprint density at radius 2 is 1.72 bits per heavy atom. The van der Waals surface area contributed by atoms with Crippen LogP contribution in [0.4, 0.5) is 0 Å². The molecule has 0 aliphatic heterocycles. The minimum absolute atomic E-state index is 0.00557. The summed E-state index contributed by atoms with van der Waals surface area (Å²) >= 11 is 11.5. The summed E-state index contributed by atoms with van der Waals surface area (Å²) in [6.45, 7) is 3.27. The fourth-order valence-electron chi connectivity index (χ4n) is 1.44. The molecule has 0 unspecified atom stereocenters. The summed E-state index contributed by atoms with van der Waals surface area (Å²) in [6, 6.07) is 4.11. The van der Waals surface area contributed by atoms with E-state index in [1.165, 1.54) is 18.2 Å². The molecule has 102 valence electrons. The number of aliphatic hydroxyl groups excluding tert-OH is 1. The molecule has 0 bridgehead atoms. The highest BCUT2D eigenvalue weighted by Crippen LogP contribution is 2.23. The summed E-state index contributed by atoms with van der Waals surface area (Å²) in [5.41, 5.74) is -0.748. The number of aliphatic hydroxyl groups is 1. The molecule has 7 heteroatoms. The number of benzene rings is 1. The molecule has 0 spiro atoms. The second kappa shape index (κ2) is 5.75. The fraction of sp³-hybridized carbons (Fsp3) is 0.455. The van der Waals surface area contributed by atoms with Gasteiger partial charge in [0.15, 0.2) is 0 Å². The highest BCUT2D eigenvalue weighted by atomic mass is 35.5. The van der Waals surface area contributed by atoms with Crippen LogP contribution in [0.2, 0.25) is 10.0 Å². The molecule has 1 aromatic rings. The lowest BCUT2D eigenvalue weighted by molar-refractivity contribution is 0.246. The second-order valence-corrected chi connectivity index (χ2v) is 7.12. The van der Waals surface area contributed by atoms with Crippen molar-refractivity contribution in [2.24, 2.45) is 0 Å². The van der Waals surface area contributed by atoms with E-state index >= 15 is 0 Å². The van der Waals surface area contributed by atoms with Crippen molar-refractivity contribution < 1.29 is 13.5 Å². The van der Waals surface area contributed by atoms with Gasteiger partial charge >= 0.3 is 0 Å². The van der Waals surface area contributed by atoms with E-state index in [0.29, 0.717) is 6.42 Å². The van der Waals surface area contributed by atoms with Crippen molar-refractivity contribution >= 4 is 33.2 Å². The van der Waals surface area contributed by atoms with Crippen LogP contribution in [0.15, 0.2) is 23.1 Å². The zero-order valence-electron chi connectivity index (χ0n) is 10.1. The van der Waals surface area contributed by atoms with Crippen molar-refractivity contribution in [3.8, 4) is 0 Å². The summed E-state index contributed by atoms with van der Waals surface area (Å²) in [5.74, 6) is 0. The smallest absolute Gasteiger partial charge is 0.241 e. The Hall–Kier alpha value is -0.330. The average Bonchev–Trinajstić information content (AvgIpc) is 2.13. The number of hydrogen-bond donors (Lipinski definition) is 2. The van der Waals surface area contributed by atoms with Crippen LogP contribution in [0.1, 0.15) is 20.3 Å². The summed E-state index contributed by atoms with van der Waals surface area (Å²) < 4.78 is 26.7. The van der Waals surface area contributed by atoms with Gasteiger partial charge in [-0.05, 0) is 38.5 Å². The molecule has 0 amide bonds. The first-order valence-corrected chi connectivity index (χ1v) is 7.51. The molecule has 0 saturated carbocycles. The Bertz CT molecular complexity index is 509. The topological polar surface area (TPSA) is 66.4 Å². The first-order valence-electron chi connectivity index (χ1n) is 5.27. The van der Waals surface area contributed by atoms with E-state index < -0.39 is 15.6 Å². The van der Waals surface area contributed by atoms with E-state index in [4.69, 9.17) is 28.3 Å². The molecule has 0 aliphatic rings. The van der Waals surface area contributed by atoms with Crippen molar-refractivity contribution in [3.05, 3.63) is 28.2 Å². The molecule has 18 heavy (non-hydrogen) atoms. The molecule has 2 N–H and O–H groups in total. The third-order valence-electron chi connectivity index (χ3n) is 2.29. The zero-order valence-corrected chi connectivity index (χ0v) is 12.4. The maximum Gasteiger partial charge on any atom is 0.241 e. The van der Waals surface area contributed by atoms with Crippen LogP contribution in [0.25, 0.3) is 0 Å². The van der Waals surface area contributed by atoms with E-state index in [9.17, 15) is 8.42 Å². The van der Waals surface area contributed by atoms with Gasteiger partial charge in [-0.25, -0.2) is 13.1 Å². The average molecular weight is 312 g/mol. The number of nitrogens with one attached hydrogen (secondary N) is 1. The van der Waals surface area contributed by atoms with Crippen LogP contribution in [-0.4, -0.2) is 25.7 Å². The monoisotopic (exact) mass is 311 g/mol. The molecule has 0 heterocycles. The quantitative estimate of drug-likeness (QED) is 0.877. The van der Waals surface area contributed by atoms with Crippen LogP contribution in [0.5, 0.6) is 0 Å². The maximum atomic E-state index is 12.1. The van der Waals surface area contributed by atoms with Gasteiger partial charge in [-0.1, -0.05) is 23.2 Å². The Kier molecular flexibility index (Phi) is 5.03. The largest absolute Gasteiger partial charge is 0.396 e. The van der Waals surface area contributed by atoms with Gasteiger partial charge in [0.05, 0.1) is 4.90 Å². The number of sulfonamides is 1. The Morgan fingerprint density at radius 3 is 2.17 bits per heavy atom. The van der Waals surface area contributed by atoms with Crippen molar-refractivity contribution in [2.45, 2.75) is 30.7 Å². The Balaban J connectivity index is 3.07. The highest BCUT2D eigenvalue weighted by molar-refractivity contribution is 7.89. The SMILES string of the molecule is CC(C)(CCO)NS(=O)(=O)c1cc(Cl)cc(Cl)c1. The molecule has 4 nitrogen and oxygen atoms in total. The highest BCUT2D eigenvalue weighted by Gasteiger charge is 2.26. The van der Waals surface area contributed by atoms with Gasteiger partial charge in [0.2, 0.25) is 10.0 Å². The molecule has 0 fully saturated rings. The molecular weight excluding hydrogens is 297 g/mol. The minimum Gasteiger partial charge on any atom is -0.396 e. The van der Waals surface area contributed by atoms with Gasteiger partial charge in [0.25, 0.3) is 0 Å². The van der Waals surface area contributed by atoms with Crippen LogP contribution < -0.4 is 4.72 Å². The summed E-state index contributed by atoms with van der Waals surface area (Å²) in [7, 11) is -3.72.